The van der Waals surface area contributed by atoms with E-state index in [2.05, 4.69) is 175 Å². The molecule has 0 unspecified atom stereocenters. The van der Waals surface area contributed by atoms with Crippen LogP contribution >= 0.6 is 11.3 Å². The monoisotopic (exact) mass is 643 g/mol. The lowest BCUT2D eigenvalue weighted by atomic mass is 9.97. The van der Waals surface area contributed by atoms with Crippen molar-refractivity contribution in [3.63, 3.8) is 0 Å². The maximum absolute atomic E-state index is 6.41. The maximum Gasteiger partial charge on any atom is 0.137 e. The van der Waals surface area contributed by atoms with Crippen molar-refractivity contribution in [3.05, 3.63) is 176 Å². The van der Waals surface area contributed by atoms with E-state index >= 15 is 0 Å². The van der Waals surface area contributed by atoms with Gasteiger partial charge in [0.2, 0.25) is 0 Å². The Morgan fingerprint density at radius 1 is 0.408 bits per heavy atom. The van der Waals surface area contributed by atoms with Gasteiger partial charge in [0.1, 0.15) is 11.2 Å². The van der Waals surface area contributed by atoms with Crippen molar-refractivity contribution in [2.45, 2.75) is 0 Å². The number of hydrogen-bond donors (Lipinski definition) is 0. The zero-order chi connectivity index (χ0) is 32.3. The van der Waals surface area contributed by atoms with Crippen molar-refractivity contribution < 1.29 is 4.42 Å². The summed E-state index contributed by atoms with van der Waals surface area (Å²) in [5.41, 5.74) is 9.73. The summed E-state index contributed by atoms with van der Waals surface area (Å²) < 4.78 is 9.04. The Balaban J connectivity index is 1.21. The molecule has 0 N–H and O–H groups in total. The number of nitrogens with zero attached hydrogens (tertiary/aromatic N) is 1. The fourth-order valence-corrected chi connectivity index (χ4v) is 8.44. The lowest BCUT2D eigenvalue weighted by Crippen LogP contribution is -2.11. The predicted molar refractivity (Wildman–Crippen MR) is 210 cm³/mol. The van der Waals surface area contributed by atoms with E-state index in [1.165, 1.54) is 47.6 Å². The summed E-state index contributed by atoms with van der Waals surface area (Å²) in [6.45, 7) is 0. The lowest BCUT2D eigenvalue weighted by molar-refractivity contribution is 0.669. The summed E-state index contributed by atoms with van der Waals surface area (Å²) in [7, 11) is 0. The van der Waals surface area contributed by atoms with Crippen LogP contribution in [0.4, 0.5) is 17.1 Å². The molecule has 230 valence electrons. The summed E-state index contributed by atoms with van der Waals surface area (Å²) in [6.07, 6.45) is 0. The average molecular weight is 644 g/mol. The van der Waals surface area contributed by atoms with Crippen LogP contribution in [0, 0.1) is 0 Å². The molecule has 0 bridgehead atoms. The molecule has 10 aromatic rings. The Kier molecular flexibility index (Phi) is 6.39. The normalized spacial score (nSPS) is 11.7. The van der Waals surface area contributed by atoms with Crippen LogP contribution in [0.3, 0.4) is 0 Å². The number of hydrogen-bond acceptors (Lipinski definition) is 3. The van der Waals surface area contributed by atoms with E-state index in [9.17, 15) is 0 Å². The van der Waals surface area contributed by atoms with Crippen LogP contribution in [0.1, 0.15) is 0 Å². The van der Waals surface area contributed by atoms with Gasteiger partial charge in [-0.2, -0.15) is 0 Å². The van der Waals surface area contributed by atoms with Crippen molar-refractivity contribution in [1.82, 2.24) is 0 Å². The standard InChI is InChI=1S/C46H29NOS/c1-2-12-31-27-34(24-23-30(31)11-1)36-15-3-6-18-40(36)47(41-19-10-21-43-46(41)38-17-4-7-20-42(38)48-43)35-14-9-13-32(28-35)33-25-26-45-39(29-33)37-16-5-8-22-44(37)49-45/h1-29H. The highest BCUT2D eigenvalue weighted by Crippen LogP contribution is 2.47. The molecule has 0 aliphatic rings. The fourth-order valence-electron chi connectivity index (χ4n) is 7.35. The van der Waals surface area contributed by atoms with Gasteiger partial charge in [-0.3, -0.25) is 0 Å². The third-order valence-electron chi connectivity index (χ3n) is 9.64. The van der Waals surface area contributed by atoms with Gasteiger partial charge in [0.15, 0.2) is 0 Å². The molecule has 0 saturated carbocycles. The Morgan fingerprint density at radius 3 is 2.06 bits per heavy atom. The van der Waals surface area contributed by atoms with Crippen LogP contribution in [-0.2, 0) is 0 Å². The van der Waals surface area contributed by atoms with Gasteiger partial charge in [-0.25, -0.2) is 0 Å². The van der Waals surface area contributed by atoms with Gasteiger partial charge in [0, 0.05) is 36.8 Å². The first-order chi connectivity index (χ1) is 24.3. The minimum Gasteiger partial charge on any atom is -0.456 e. The highest BCUT2D eigenvalue weighted by molar-refractivity contribution is 7.25. The second-order valence-electron chi connectivity index (χ2n) is 12.5. The summed E-state index contributed by atoms with van der Waals surface area (Å²) in [5, 5.41) is 7.28. The fraction of sp³-hybridized carbons (Fsp3) is 0. The maximum atomic E-state index is 6.41. The zero-order valence-corrected chi connectivity index (χ0v) is 27.3. The lowest BCUT2D eigenvalue weighted by Gasteiger charge is -2.29. The first-order valence-electron chi connectivity index (χ1n) is 16.6. The van der Waals surface area contributed by atoms with Crippen LogP contribution < -0.4 is 4.90 Å². The van der Waals surface area contributed by atoms with Crippen molar-refractivity contribution >= 4 is 81.3 Å². The number of para-hydroxylation sites is 2. The molecule has 2 aromatic heterocycles. The molecule has 2 nitrogen and oxygen atoms in total. The topological polar surface area (TPSA) is 16.4 Å². The molecule has 0 aliphatic heterocycles. The number of thiophene rings is 1. The van der Waals surface area contributed by atoms with E-state index in [1.54, 1.807) is 0 Å². The Morgan fingerprint density at radius 2 is 1.10 bits per heavy atom. The molecular formula is C46H29NOS. The third kappa shape index (κ3) is 4.62. The van der Waals surface area contributed by atoms with E-state index in [4.69, 9.17) is 4.42 Å². The molecular weight excluding hydrogens is 615 g/mol. The van der Waals surface area contributed by atoms with Crippen LogP contribution in [0.2, 0.25) is 0 Å². The molecule has 0 aliphatic carbocycles. The van der Waals surface area contributed by atoms with Gasteiger partial charge in [0.05, 0.1) is 16.8 Å². The minimum absolute atomic E-state index is 0.873. The van der Waals surface area contributed by atoms with Crippen molar-refractivity contribution in [2.24, 2.45) is 0 Å². The molecule has 49 heavy (non-hydrogen) atoms. The van der Waals surface area contributed by atoms with Crippen LogP contribution in [0.5, 0.6) is 0 Å². The first-order valence-corrected chi connectivity index (χ1v) is 17.4. The minimum atomic E-state index is 0.873. The van der Waals surface area contributed by atoms with Gasteiger partial charge in [-0.1, -0.05) is 115 Å². The van der Waals surface area contributed by atoms with Gasteiger partial charge in [-0.05, 0) is 88.1 Å². The quantitative estimate of drug-likeness (QED) is 0.186. The number of fused-ring (bicyclic) bond motifs is 7. The smallest absolute Gasteiger partial charge is 0.137 e. The van der Waals surface area contributed by atoms with Crippen LogP contribution in [-0.4, -0.2) is 0 Å². The van der Waals surface area contributed by atoms with Gasteiger partial charge < -0.3 is 9.32 Å². The third-order valence-corrected chi connectivity index (χ3v) is 10.8. The van der Waals surface area contributed by atoms with E-state index in [-0.39, 0.29) is 0 Å². The number of benzene rings is 8. The number of rotatable bonds is 5. The molecule has 0 atom stereocenters. The Hall–Kier alpha value is -6.16. The van der Waals surface area contributed by atoms with E-state index in [0.717, 1.165) is 44.6 Å². The second-order valence-corrected chi connectivity index (χ2v) is 13.6. The Bertz CT molecular complexity index is 2860. The molecule has 3 heteroatoms. The Labute approximate surface area is 287 Å². The molecule has 0 radical (unpaired) electrons. The molecule has 0 saturated heterocycles. The predicted octanol–water partition coefficient (Wildman–Crippen LogP) is 13.9. The second kappa shape index (κ2) is 11.2. The van der Waals surface area contributed by atoms with Crippen LogP contribution in [0.15, 0.2) is 180 Å². The van der Waals surface area contributed by atoms with Crippen molar-refractivity contribution in [3.8, 4) is 22.3 Å². The van der Waals surface area contributed by atoms with E-state index < -0.39 is 0 Å². The summed E-state index contributed by atoms with van der Waals surface area (Å²) in [6, 6.07) is 63.3. The van der Waals surface area contributed by atoms with Crippen LogP contribution in [0.25, 0.3) is 75.1 Å². The first kappa shape index (κ1) is 27.9. The highest BCUT2D eigenvalue weighted by Gasteiger charge is 2.22. The zero-order valence-electron chi connectivity index (χ0n) is 26.5. The molecule has 0 amide bonds. The van der Waals surface area contributed by atoms with Gasteiger partial charge in [-0.15, -0.1) is 11.3 Å². The molecule has 2 heterocycles. The summed E-state index contributed by atoms with van der Waals surface area (Å²) in [4.78, 5) is 2.41. The molecule has 8 aromatic carbocycles. The highest BCUT2D eigenvalue weighted by atomic mass is 32.1. The van der Waals surface area contributed by atoms with Crippen molar-refractivity contribution in [2.75, 3.05) is 4.90 Å². The van der Waals surface area contributed by atoms with Gasteiger partial charge >= 0.3 is 0 Å². The van der Waals surface area contributed by atoms with Crippen molar-refractivity contribution in [1.29, 1.82) is 0 Å². The molecule has 0 fully saturated rings. The number of furan rings is 1. The molecule has 0 spiro atoms. The average Bonchev–Trinajstić information content (AvgIpc) is 3.74. The SMILES string of the molecule is c1cc(-c2ccc3sc4ccccc4c3c2)cc(N(c2ccccc2-c2ccc3ccccc3c2)c2cccc3oc4ccccc4c23)c1. The summed E-state index contributed by atoms with van der Waals surface area (Å²) >= 11 is 1.85. The number of anilines is 3. The van der Waals surface area contributed by atoms with E-state index in [1.807, 2.05) is 17.4 Å². The summed E-state index contributed by atoms with van der Waals surface area (Å²) in [5.74, 6) is 0. The largest absolute Gasteiger partial charge is 0.456 e. The molecule has 10 rings (SSSR count). The van der Waals surface area contributed by atoms with Gasteiger partial charge in [0.25, 0.3) is 0 Å². The van der Waals surface area contributed by atoms with E-state index in [0.29, 0.717) is 0 Å².